The van der Waals surface area contributed by atoms with Crippen molar-refractivity contribution in [2.45, 2.75) is 57.7 Å². The Bertz CT molecular complexity index is 1280. The second kappa shape index (κ2) is 9.59. The van der Waals surface area contributed by atoms with E-state index in [2.05, 4.69) is 25.4 Å². The number of alkyl halides is 2. The van der Waals surface area contributed by atoms with Gasteiger partial charge in [0.05, 0.1) is 43.1 Å². The number of pyridine rings is 1. The van der Waals surface area contributed by atoms with E-state index in [1.54, 1.807) is 23.8 Å². The second-order valence-electron chi connectivity index (χ2n) is 8.58. The fourth-order valence-electron chi connectivity index (χ4n) is 4.62. The summed E-state index contributed by atoms with van der Waals surface area (Å²) < 4.78 is 35.0. The Balaban J connectivity index is 1.35. The summed E-state index contributed by atoms with van der Waals surface area (Å²) in [6.07, 6.45) is 6.80. The molecule has 0 bridgehead atoms. The molecule has 0 amide bonds. The fraction of sp³-hybridized carbons (Fsp3) is 0.478. The molecule has 4 heterocycles. The number of fused-ring (bicyclic) bond motifs is 2. The van der Waals surface area contributed by atoms with Gasteiger partial charge in [0.1, 0.15) is 5.82 Å². The van der Waals surface area contributed by atoms with Crippen molar-refractivity contribution in [1.82, 2.24) is 29.1 Å². The van der Waals surface area contributed by atoms with Crippen molar-refractivity contribution in [3.8, 4) is 11.1 Å². The summed E-state index contributed by atoms with van der Waals surface area (Å²) in [4.78, 5) is 13.2. The molecule has 0 saturated heterocycles. The summed E-state index contributed by atoms with van der Waals surface area (Å²) >= 11 is 0. The van der Waals surface area contributed by atoms with Crippen LogP contribution in [0.4, 0.5) is 14.7 Å². The Kier molecular flexibility index (Phi) is 6.38. The standard InChI is InChI=1S/C23H27F2N7O2/c1-14-28-22-19(31(14)13-21(24)25)10-15(11-26-22)18-6-7-32-20(18)12-27-23(30-32)29-16-2-4-17(5-3-16)34-9-8-33/h6-7,10-12,16-17,21,33H,2-5,8-9,13H2,1H3,(H,29,30). The molecular weight excluding hydrogens is 444 g/mol. The van der Waals surface area contributed by atoms with Gasteiger partial charge < -0.3 is 19.7 Å². The number of hydrogen-bond donors (Lipinski definition) is 2. The highest BCUT2D eigenvalue weighted by Crippen LogP contribution is 2.29. The van der Waals surface area contributed by atoms with Gasteiger partial charge in [-0.25, -0.2) is 28.2 Å². The number of anilines is 1. The number of ether oxygens (including phenoxy) is 1. The van der Waals surface area contributed by atoms with Crippen LogP contribution in [0.1, 0.15) is 31.5 Å². The van der Waals surface area contributed by atoms with Crippen molar-refractivity contribution in [3.63, 3.8) is 0 Å². The van der Waals surface area contributed by atoms with E-state index in [1.165, 1.54) is 4.57 Å². The molecule has 0 spiro atoms. The zero-order valence-corrected chi connectivity index (χ0v) is 18.9. The molecule has 180 valence electrons. The number of aromatic nitrogens is 6. The predicted molar refractivity (Wildman–Crippen MR) is 123 cm³/mol. The summed E-state index contributed by atoms with van der Waals surface area (Å²) in [6, 6.07) is 4.02. The van der Waals surface area contributed by atoms with Gasteiger partial charge in [-0.05, 0) is 44.7 Å². The molecule has 11 heteroatoms. The lowest BCUT2D eigenvalue weighted by Crippen LogP contribution is -2.31. The van der Waals surface area contributed by atoms with Crippen LogP contribution in [-0.4, -0.2) is 66.0 Å². The number of aryl methyl sites for hydroxylation is 1. The first-order valence-corrected chi connectivity index (χ1v) is 11.5. The molecule has 0 aliphatic heterocycles. The van der Waals surface area contributed by atoms with Crippen molar-refractivity contribution in [1.29, 1.82) is 0 Å². The Hall–Kier alpha value is -3.18. The topological polar surface area (TPSA) is 102 Å². The Morgan fingerprint density at radius 1 is 1.18 bits per heavy atom. The van der Waals surface area contributed by atoms with Crippen molar-refractivity contribution >= 4 is 22.6 Å². The molecule has 0 atom stereocenters. The van der Waals surface area contributed by atoms with Gasteiger partial charge in [-0.1, -0.05) is 0 Å². The van der Waals surface area contributed by atoms with Gasteiger partial charge in [0.15, 0.2) is 5.65 Å². The molecule has 1 aliphatic rings. The Labute approximate surface area is 194 Å². The Morgan fingerprint density at radius 2 is 2.00 bits per heavy atom. The van der Waals surface area contributed by atoms with E-state index in [-0.39, 0.29) is 18.8 Å². The van der Waals surface area contributed by atoms with E-state index in [0.717, 1.165) is 42.3 Å². The van der Waals surface area contributed by atoms with E-state index in [0.29, 0.717) is 29.5 Å². The molecule has 0 unspecified atom stereocenters. The first-order chi connectivity index (χ1) is 16.5. The molecule has 2 N–H and O–H groups in total. The summed E-state index contributed by atoms with van der Waals surface area (Å²) in [5.74, 6) is 1.06. The van der Waals surface area contributed by atoms with E-state index in [1.807, 2.05) is 18.3 Å². The van der Waals surface area contributed by atoms with Gasteiger partial charge >= 0.3 is 0 Å². The van der Waals surface area contributed by atoms with E-state index in [4.69, 9.17) is 9.84 Å². The lowest BCUT2D eigenvalue weighted by atomic mass is 9.93. The number of nitrogens with one attached hydrogen (secondary N) is 1. The molecule has 1 saturated carbocycles. The van der Waals surface area contributed by atoms with Crippen molar-refractivity contribution in [2.75, 3.05) is 18.5 Å². The van der Waals surface area contributed by atoms with E-state index < -0.39 is 13.0 Å². The van der Waals surface area contributed by atoms with Crippen LogP contribution in [0.15, 0.2) is 30.7 Å². The van der Waals surface area contributed by atoms with Crippen LogP contribution in [-0.2, 0) is 11.3 Å². The highest BCUT2D eigenvalue weighted by atomic mass is 19.3. The number of aliphatic hydroxyl groups excluding tert-OH is 1. The first kappa shape index (κ1) is 22.6. The molecule has 0 radical (unpaired) electrons. The average molecular weight is 472 g/mol. The van der Waals surface area contributed by atoms with Crippen molar-refractivity contribution in [3.05, 3.63) is 36.5 Å². The van der Waals surface area contributed by atoms with Crippen LogP contribution in [0, 0.1) is 6.92 Å². The average Bonchev–Trinajstić information content (AvgIpc) is 3.38. The number of rotatable bonds is 8. The molecule has 9 nitrogen and oxygen atoms in total. The third kappa shape index (κ3) is 4.58. The number of halogens is 2. The summed E-state index contributed by atoms with van der Waals surface area (Å²) in [5, 5.41) is 16.9. The summed E-state index contributed by atoms with van der Waals surface area (Å²) in [7, 11) is 0. The van der Waals surface area contributed by atoms with Crippen LogP contribution < -0.4 is 5.32 Å². The number of imidazole rings is 1. The monoisotopic (exact) mass is 471 g/mol. The minimum absolute atomic E-state index is 0.0494. The molecule has 0 aromatic carbocycles. The maximum atomic E-state index is 13.1. The fourth-order valence-corrected chi connectivity index (χ4v) is 4.62. The third-order valence-corrected chi connectivity index (χ3v) is 6.30. The summed E-state index contributed by atoms with van der Waals surface area (Å²) in [5.41, 5.74) is 3.47. The van der Waals surface area contributed by atoms with Crippen LogP contribution in [0.5, 0.6) is 0 Å². The van der Waals surface area contributed by atoms with E-state index in [9.17, 15) is 8.78 Å². The van der Waals surface area contributed by atoms with Gasteiger partial charge in [0, 0.05) is 29.6 Å². The molecule has 1 aliphatic carbocycles. The van der Waals surface area contributed by atoms with Gasteiger partial charge in [0.2, 0.25) is 5.95 Å². The minimum atomic E-state index is -2.47. The quantitative estimate of drug-likeness (QED) is 0.406. The zero-order valence-electron chi connectivity index (χ0n) is 18.9. The van der Waals surface area contributed by atoms with E-state index >= 15 is 0 Å². The molecular formula is C23H27F2N7O2. The number of hydrogen-bond acceptors (Lipinski definition) is 7. The molecule has 5 rings (SSSR count). The minimum Gasteiger partial charge on any atom is -0.394 e. The molecule has 1 fully saturated rings. The van der Waals surface area contributed by atoms with Gasteiger partial charge in [-0.2, -0.15) is 0 Å². The predicted octanol–water partition coefficient (Wildman–Crippen LogP) is 3.45. The highest BCUT2D eigenvalue weighted by Gasteiger charge is 2.22. The van der Waals surface area contributed by atoms with Crippen LogP contribution in [0.2, 0.25) is 0 Å². The lowest BCUT2D eigenvalue weighted by molar-refractivity contribution is 0.00719. The van der Waals surface area contributed by atoms with Crippen LogP contribution >= 0.6 is 0 Å². The lowest BCUT2D eigenvalue weighted by Gasteiger charge is -2.28. The van der Waals surface area contributed by atoms with Crippen LogP contribution in [0.25, 0.3) is 27.8 Å². The maximum absolute atomic E-state index is 13.1. The second-order valence-corrected chi connectivity index (χ2v) is 8.58. The van der Waals surface area contributed by atoms with Crippen LogP contribution in [0.3, 0.4) is 0 Å². The van der Waals surface area contributed by atoms with Gasteiger partial charge in [0.25, 0.3) is 6.43 Å². The maximum Gasteiger partial charge on any atom is 0.256 e. The molecule has 34 heavy (non-hydrogen) atoms. The summed E-state index contributed by atoms with van der Waals surface area (Å²) in [6.45, 7) is 1.72. The smallest absolute Gasteiger partial charge is 0.256 e. The Morgan fingerprint density at radius 3 is 2.76 bits per heavy atom. The van der Waals surface area contributed by atoms with Gasteiger partial charge in [-0.15, -0.1) is 5.10 Å². The normalized spacial score (nSPS) is 18.9. The van der Waals surface area contributed by atoms with Crippen molar-refractivity contribution < 1.29 is 18.6 Å². The largest absolute Gasteiger partial charge is 0.394 e. The zero-order chi connectivity index (χ0) is 23.7. The molecule has 4 aromatic rings. The van der Waals surface area contributed by atoms with Gasteiger partial charge in [-0.3, -0.25) is 0 Å². The number of aliphatic hydroxyl groups is 1. The SMILES string of the molecule is Cc1nc2ncc(-c3ccn4nc(NC5CCC(OCCO)CC5)ncc34)cc2n1CC(F)F. The first-order valence-electron chi connectivity index (χ1n) is 11.5. The highest BCUT2D eigenvalue weighted by molar-refractivity contribution is 5.85. The van der Waals surface area contributed by atoms with Crippen molar-refractivity contribution in [2.24, 2.45) is 0 Å². The third-order valence-electron chi connectivity index (χ3n) is 6.30. The molecule has 4 aromatic heterocycles. The number of nitrogens with zero attached hydrogens (tertiary/aromatic N) is 6.